The lowest BCUT2D eigenvalue weighted by Crippen LogP contribution is -2.43. The van der Waals surface area contributed by atoms with Gasteiger partial charge in [0.2, 0.25) is 0 Å². The Morgan fingerprint density at radius 3 is 2.64 bits per heavy atom. The van der Waals surface area contributed by atoms with E-state index in [0.717, 1.165) is 55.9 Å². The molecule has 206 valence electrons. The quantitative estimate of drug-likeness (QED) is 0.405. The van der Waals surface area contributed by atoms with E-state index >= 15 is 0 Å². The Bertz CT molecular complexity index is 1290. The zero-order valence-corrected chi connectivity index (χ0v) is 23.0. The minimum absolute atomic E-state index is 0.103. The molecule has 2 fully saturated rings. The van der Waals surface area contributed by atoms with Crippen molar-refractivity contribution in [1.29, 1.82) is 0 Å². The highest BCUT2D eigenvalue weighted by molar-refractivity contribution is 6.33. The van der Waals surface area contributed by atoms with Gasteiger partial charge in [-0.25, -0.2) is 9.37 Å². The second kappa shape index (κ2) is 12.7. The third-order valence-corrected chi connectivity index (χ3v) is 7.15. The number of anilines is 3. The first kappa shape index (κ1) is 27.3. The maximum absolute atomic E-state index is 14.3. The normalized spacial score (nSPS) is 17.2. The minimum atomic E-state index is -0.488. The van der Waals surface area contributed by atoms with Gasteiger partial charge in [0.05, 0.1) is 35.8 Å². The predicted octanol–water partition coefficient (Wildman–Crippen LogP) is 4.58. The second-order valence-electron chi connectivity index (χ2n) is 9.85. The smallest absolute Gasteiger partial charge is 0.270 e. The van der Waals surface area contributed by atoms with Crippen LogP contribution in [-0.4, -0.2) is 84.3 Å². The van der Waals surface area contributed by atoms with Gasteiger partial charge in [0, 0.05) is 57.7 Å². The largest absolute Gasteiger partial charge is 0.378 e. The van der Waals surface area contributed by atoms with Crippen molar-refractivity contribution >= 4 is 34.7 Å². The molecule has 0 bridgehead atoms. The van der Waals surface area contributed by atoms with E-state index in [4.69, 9.17) is 16.3 Å². The lowest BCUT2D eigenvalue weighted by Gasteiger charge is -2.32. The number of morpholine rings is 1. The number of aromatic nitrogens is 3. The number of azo groups is 1. The van der Waals surface area contributed by atoms with Crippen molar-refractivity contribution in [2.45, 2.75) is 20.0 Å². The SMILES string of the molecule is Cc1cc(CN2CCN(C)CC2)cc(Cl)c1Nc1ccnc(CN=Nc2ncc(F)c(N3CCOCC3)n2)c1. The molecule has 0 amide bonds. The molecule has 0 spiro atoms. The van der Waals surface area contributed by atoms with Gasteiger partial charge in [-0.1, -0.05) is 17.7 Å². The standard InChI is InChI=1S/C27H33ClFN9O/c1-19-13-20(18-37-7-5-36(2)6-8-37)14-23(28)25(19)33-21-3-4-30-22(15-21)16-32-35-27-31-17-24(29)26(34-27)38-9-11-39-12-10-38/h3-4,13-15,17H,5-12,16,18H2,1-2H3,(H,30,33). The zero-order valence-electron chi connectivity index (χ0n) is 22.3. The number of nitrogens with one attached hydrogen (secondary N) is 1. The average molecular weight is 554 g/mol. The maximum Gasteiger partial charge on any atom is 0.270 e. The molecule has 2 saturated heterocycles. The van der Waals surface area contributed by atoms with Crippen molar-refractivity contribution in [1.82, 2.24) is 24.8 Å². The van der Waals surface area contributed by atoms with Crippen LogP contribution >= 0.6 is 11.6 Å². The Morgan fingerprint density at radius 2 is 1.87 bits per heavy atom. The summed E-state index contributed by atoms with van der Waals surface area (Å²) < 4.78 is 19.6. The average Bonchev–Trinajstić information content (AvgIpc) is 2.94. The molecule has 3 aromatic rings. The Hall–Kier alpha value is -3.25. The van der Waals surface area contributed by atoms with Crippen LogP contribution in [0.25, 0.3) is 0 Å². The van der Waals surface area contributed by atoms with E-state index < -0.39 is 5.82 Å². The molecule has 12 heteroatoms. The number of ether oxygens (including phenoxy) is 1. The molecule has 2 aliphatic rings. The molecule has 1 N–H and O–H groups in total. The number of pyridine rings is 1. The summed E-state index contributed by atoms with van der Waals surface area (Å²) in [6.07, 6.45) is 2.83. The predicted molar refractivity (Wildman–Crippen MR) is 150 cm³/mol. The number of piperazine rings is 1. The van der Waals surface area contributed by atoms with Gasteiger partial charge in [0.15, 0.2) is 11.6 Å². The number of hydrogen-bond acceptors (Lipinski definition) is 10. The number of nitrogens with zero attached hydrogens (tertiary/aromatic N) is 8. The van der Waals surface area contributed by atoms with Gasteiger partial charge in [-0.05, 0) is 43.3 Å². The summed E-state index contributed by atoms with van der Waals surface area (Å²) in [7, 11) is 2.16. The van der Waals surface area contributed by atoms with Crippen molar-refractivity contribution < 1.29 is 9.13 Å². The molecule has 0 radical (unpaired) electrons. The van der Waals surface area contributed by atoms with E-state index in [-0.39, 0.29) is 18.3 Å². The molecule has 1 aromatic carbocycles. The van der Waals surface area contributed by atoms with Crippen molar-refractivity contribution in [3.05, 3.63) is 64.3 Å². The second-order valence-corrected chi connectivity index (χ2v) is 10.3. The molecule has 5 rings (SSSR count). The summed E-state index contributed by atoms with van der Waals surface area (Å²) in [5.41, 5.74) is 4.71. The molecule has 4 heterocycles. The highest BCUT2D eigenvalue weighted by atomic mass is 35.5. The number of rotatable bonds is 8. The molecular formula is C27H33ClFN9O. The lowest BCUT2D eigenvalue weighted by atomic mass is 10.1. The van der Waals surface area contributed by atoms with Crippen LogP contribution in [0.4, 0.5) is 27.5 Å². The summed E-state index contributed by atoms with van der Waals surface area (Å²) in [5.74, 6) is -0.169. The first-order valence-corrected chi connectivity index (χ1v) is 13.5. The van der Waals surface area contributed by atoms with Crippen molar-refractivity contribution in [2.75, 3.05) is 69.7 Å². The Balaban J connectivity index is 1.22. The molecule has 0 atom stereocenters. The number of halogens is 2. The zero-order chi connectivity index (χ0) is 27.2. The summed E-state index contributed by atoms with van der Waals surface area (Å²) in [6, 6.07) is 8.01. The third kappa shape index (κ3) is 7.24. The summed E-state index contributed by atoms with van der Waals surface area (Å²) in [4.78, 5) is 19.2. The fraction of sp³-hybridized carbons (Fsp3) is 0.444. The molecule has 2 aromatic heterocycles. The molecule has 0 aliphatic carbocycles. The molecular weight excluding hydrogens is 521 g/mol. The Labute approximate surface area is 232 Å². The fourth-order valence-corrected chi connectivity index (χ4v) is 5.02. The van der Waals surface area contributed by atoms with Gasteiger partial charge < -0.3 is 19.9 Å². The number of benzene rings is 1. The van der Waals surface area contributed by atoms with Gasteiger partial charge in [0.1, 0.15) is 6.54 Å². The fourth-order valence-electron chi connectivity index (χ4n) is 4.68. The van der Waals surface area contributed by atoms with Crippen LogP contribution in [-0.2, 0) is 17.8 Å². The first-order valence-electron chi connectivity index (χ1n) is 13.1. The molecule has 2 aliphatic heterocycles. The Kier molecular flexibility index (Phi) is 8.92. The minimum Gasteiger partial charge on any atom is -0.378 e. The van der Waals surface area contributed by atoms with Gasteiger partial charge in [-0.2, -0.15) is 10.1 Å². The first-order chi connectivity index (χ1) is 18.9. The van der Waals surface area contributed by atoms with E-state index in [1.54, 1.807) is 6.20 Å². The van der Waals surface area contributed by atoms with Gasteiger partial charge >= 0.3 is 0 Å². The van der Waals surface area contributed by atoms with Crippen LogP contribution in [0.5, 0.6) is 0 Å². The van der Waals surface area contributed by atoms with Gasteiger partial charge in [-0.15, -0.1) is 5.11 Å². The van der Waals surface area contributed by atoms with E-state index in [2.05, 4.69) is 60.3 Å². The molecule has 0 saturated carbocycles. The van der Waals surface area contributed by atoms with Crippen molar-refractivity contribution in [2.24, 2.45) is 10.2 Å². The van der Waals surface area contributed by atoms with Crippen molar-refractivity contribution in [3.63, 3.8) is 0 Å². The summed E-state index contributed by atoms with van der Waals surface area (Å²) >= 11 is 6.71. The Morgan fingerprint density at radius 1 is 1.08 bits per heavy atom. The van der Waals surface area contributed by atoms with Crippen LogP contribution in [0.1, 0.15) is 16.8 Å². The number of likely N-dealkylation sites (N-methyl/N-ethyl adjacent to an activating group) is 1. The molecule has 10 nitrogen and oxygen atoms in total. The van der Waals surface area contributed by atoms with Crippen LogP contribution in [0.15, 0.2) is 46.9 Å². The lowest BCUT2D eigenvalue weighted by molar-refractivity contribution is 0.122. The summed E-state index contributed by atoms with van der Waals surface area (Å²) in [5, 5.41) is 12.4. The third-order valence-electron chi connectivity index (χ3n) is 6.85. The van der Waals surface area contributed by atoms with E-state index in [1.165, 1.54) is 5.56 Å². The van der Waals surface area contributed by atoms with Crippen molar-refractivity contribution in [3.8, 4) is 0 Å². The van der Waals surface area contributed by atoms with Gasteiger partial charge in [0.25, 0.3) is 5.95 Å². The topological polar surface area (TPSA) is 94.4 Å². The van der Waals surface area contributed by atoms with Crippen LogP contribution in [0, 0.1) is 12.7 Å². The van der Waals surface area contributed by atoms with Gasteiger partial charge in [-0.3, -0.25) is 9.88 Å². The van der Waals surface area contributed by atoms with Crippen LogP contribution in [0.2, 0.25) is 5.02 Å². The highest BCUT2D eigenvalue weighted by Gasteiger charge is 2.18. The summed E-state index contributed by atoms with van der Waals surface area (Å²) in [6.45, 7) is 9.66. The van der Waals surface area contributed by atoms with Crippen LogP contribution < -0.4 is 10.2 Å². The highest BCUT2D eigenvalue weighted by Crippen LogP contribution is 2.31. The molecule has 39 heavy (non-hydrogen) atoms. The molecule has 0 unspecified atom stereocenters. The number of aryl methyl sites for hydroxylation is 1. The van der Waals surface area contributed by atoms with E-state index in [1.807, 2.05) is 23.1 Å². The van der Waals surface area contributed by atoms with E-state index in [9.17, 15) is 4.39 Å². The van der Waals surface area contributed by atoms with Crippen LogP contribution in [0.3, 0.4) is 0 Å². The number of hydrogen-bond donors (Lipinski definition) is 1. The van der Waals surface area contributed by atoms with E-state index in [0.29, 0.717) is 37.0 Å². The maximum atomic E-state index is 14.3. The monoisotopic (exact) mass is 553 g/mol.